The Bertz CT molecular complexity index is 959. The molecule has 4 rings (SSSR count). The summed E-state index contributed by atoms with van der Waals surface area (Å²) < 4.78 is 18.3. The molecule has 2 aromatic rings. The van der Waals surface area contributed by atoms with E-state index in [1.165, 1.54) is 12.1 Å². The van der Waals surface area contributed by atoms with Crippen LogP contribution in [-0.4, -0.2) is 49.7 Å². The smallest absolute Gasteiger partial charge is 0.325 e. The molecule has 1 unspecified atom stereocenters. The Kier molecular flexibility index (Phi) is 6.55. The molecule has 170 valence electrons. The number of anilines is 1. The molecule has 0 aliphatic carbocycles. The molecule has 0 bridgehead atoms. The predicted molar refractivity (Wildman–Crippen MR) is 121 cm³/mol. The van der Waals surface area contributed by atoms with Crippen molar-refractivity contribution in [2.24, 2.45) is 5.41 Å². The van der Waals surface area contributed by atoms with Gasteiger partial charge >= 0.3 is 12.0 Å². The van der Waals surface area contributed by atoms with E-state index in [0.717, 1.165) is 30.6 Å². The van der Waals surface area contributed by atoms with Crippen LogP contribution in [0.2, 0.25) is 5.02 Å². The van der Waals surface area contributed by atoms with Gasteiger partial charge in [-0.3, -0.25) is 4.79 Å². The van der Waals surface area contributed by atoms with E-state index >= 15 is 0 Å². The normalized spacial score (nSPS) is 19.4. The monoisotopic (exact) mass is 459 g/mol. The van der Waals surface area contributed by atoms with E-state index in [4.69, 9.17) is 16.3 Å². The maximum absolute atomic E-state index is 13.5. The van der Waals surface area contributed by atoms with Crippen molar-refractivity contribution in [2.45, 2.75) is 25.8 Å². The van der Waals surface area contributed by atoms with Crippen LogP contribution in [0.5, 0.6) is 0 Å². The minimum Gasteiger partial charge on any atom is -0.465 e. The van der Waals surface area contributed by atoms with Crippen molar-refractivity contribution in [1.29, 1.82) is 0 Å². The van der Waals surface area contributed by atoms with Crippen molar-refractivity contribution in [3.63, 3.8) is 0 Å². The second-order valence-electron chi connectivity index (χ2n) is 8.37. The zero-order valence-electron chi connectivity index (χ0n) is 18.0. The molecule has 2 aromatic carbocycles. The van der Waals surface area contributed by atoms with E-state index in [1.807, 2.05) is 36.4 Å². The van der Waals surface area contributed by atoms with Crippen molar-refractivity contribution in [1.82, 2.24) is 10.2 Å². The van der Waals surface area contributed by atoms with Crippen LogP contribution in [0.3, 0.4) is 0 Å². The molecule has 6 nitrogen and oxygen atoms in total. The topological polar surface area (TPSA) is 61.9 Å². The summed E-state index contributed by atoms with van der Waals surface area (Å²) in [6.07, 6.45) is 1.68. The third-order valence-electron chi connectivity index (χ3n) is 6.46. The zero-order chi connectivity index (χ0) is 22.7. The highest BCUT2D eigenvalue weighted by Gasteiger charge is 2.54. The average molecular weight is 460 g/mol. The van der Waals surface area contributed by atoms with Gasteiger partial charge in [-0.15, -0.1) is 0 Å². The molecule has 2 aliphatic heterocycles. The first-order valence-corrected chi connectivity index (χ1v) is 11.3. The van der Waals surface area contributed by atoms with Crippen molar-refractivity contribution in [2.75, 3.05) is 37.7 Å². The zero-order valence-corrected chi connectivity index (χ0v) is 18.8. The van der Waals surface area contributed by atoms with E-state index in [9.17, 15) is 14.0 Å². The summed E-state index contributed by atoms with van der Waals surface area (Å²) in [5.74, 6) is -0.694. The van der Waals surface area contributed by atoms with Gasteiger partial charge in [0.1, 0.15) is 12.4 Å². The SMILES string of the molecule is CCOC(=O)CNC(=O)N1CCC2(CC1)CN(c1ccc(F)cc1)C2c1ccc(Cl)cc1. The van der Waals surface area contributed by atoms with E-state index in [0.29, 0.717) is 18.1 Å². The number of nitrogens with zero attached hydrogens (tertiary/aromatic N) is 2. The number of benzene rings is 2. The number of urea groups is 1. The van der Waals surface area contributed by atoms with Gasteiger partial charge in [0.25, 0.3) is 0 Å². The molecule has 2 saturated heterocycles. The fourth-order valence-corrected chi connectivity index (χ4v) is 4.97. The third-order valence-corrected chi connectivity index (χ3v) is 6.71. The molecule has 32 heavy (non-hydrogen) atoms. The maximum Gasteiger partial charge on any atom is 0.325 e. The number of esters is 1. The van der Waals surface area contributed by atoms with Gasteiger partial charge < -0.3 is 19.9 Å². The van der Waals surface area contributed by atoms with Crippen LogP contribution in [-0.2, 0) is 9.53 Å². The van der Waals surface area contributed by atoms with Crippen molar-refractivity contribution in [3.8, 4) is 0 Å². The molecule has 2 heterocycles. The first-order valence-electron chi connectivity index (χ1n) is 10.9. The number of hydrogen-bond acceptors (Lipinski definition) is 4. The summed E-state index contributed by atoms with van der Waals surface area (Å²) in [6.45, 7) is 3.95. The molecule has 2 amide bonds. The number of halogens is 2. The Morgan fingerprint density at radius 1 is 1.12 bits per heavy atom. The van der Waals surface area contributed by atoms with Gasteiger partial charge in [0, 0.05) is 35.8 Å². The number of carbonyl (C=O) groups is 2. The van der Waals surface area contributed by atoms with Gasteiger partial charge in [0.15, 0.2) is 0 Å². The van der Waals surface area contributed by atoms with Crippen molar-refractivity contribution >= 4 is 29.3 Å². The van der Waals surface area contributed by atoms with Crippen LogP contribution in [0, 0.1) is 11.2 Å². The minimum absolute atomic E-state index is 0.0140. The Morgan fingerprint density at radius 3 is 2.41 bits per heavy atom. The molecule has 1 N–H and O–H groups in total. The fraction of sp³-hybridized carbons (Fsp3) is 0.417. The van der Waals surface area contributed by atoms with Gasteiger partial charge in [-0.2, -0.15) is 0 Å². The van der Waals surface area contributed by atoms with Gasteiger partial charge in [0.2, 0.25) is 0 Å². The second kappa shape index (κ2) is 9.36. The Labute approximate surface area is 192 Å². The molecular formula is C24H27ClFN3O3. The van der Waals surface area contributed by atoms with Gasteiger partial charge in [0.05, 0.1) is 12.6 Å². The Hall–Kier alpha value is -2.80. The largest absolute Gasteiger partial charge is 0.465 e. The first-order chi connectivity index (χ1) is 15.4. The summed E-state index contributed by atoms with van der Waals surface area (Å²) in [5.41, 5.74) is 2.15. The third kappa shape index (κ3) is 4.53. The van der Waals surface area contributed by atoms with Crippen LogP contribution in [0.15, 0.2) is 48.5 Å². The molecule has 2 aliphatic rings. The molecule has 0 aromatic heterocycles. The van der Waals surface area contributed by atoms with Gasteiger partial charge in [-0.05, 0) is 61.7 Å². The van der Waals surface area contributed by atoms with Crippen LogP contribution in [0.4, 0.5) is 14.9 Å². The summed E-state index contributed by atoms with van der Waals surface area (Å²) in [7, 11) is 0. The standard InChI is InChI=1S/C24H27ClFN3O3/c1-2-32-21(30)15-27-23(31)28-13-11-24(12-14-28)16-29(20-9-7-19(26)8-10-20)22(24)17-3-5-18(25)6-4-17/h3-10,22H,2,11-16H2,1H3,(H,27,31). The second-order valence-corrected chi connectivity index (χ2v) is 8.81. The predicted octanol–water partition coefficient (Wildman–Crippen LogP) is 4.40. The van der Waals surface area contributed by atoms with Crippen molar-refractivity contribution in [3.05, 3.63) is 64.9 Å². The molecule has 8 heteroatoms. The lowest BCUT2D eigenvalue weighted by atomic mass is 9.63. The number of likely N-dealkylation sites (tertiary alicyclic amines) is 1. The number of amides is 2. The average Bonchev–Trinajstić information content (AvgIpc) is 2.79. The minimum atomic E-state index is -0.439. The van der Waals surface area contributed by atoms with Crippen LogP contribution in [0.25, 0.3) is 0 Å². The molecule has 0 saturated carbocycles. The molecule has 1 atom stereocenters. The molecular weight excluding hydrogens is 433 g/mol. The van der Waals surface area contributed by atoms with Crippen LogP contribution >= 0.6 is 11.6 Å². The number of piperidine rings is 1. The fourth-order valence-electron chi connectivity index (χ4n) is 4.84. The Balaban J connectivity index is 1.46. The number of nitrogens with one attached hydrogen (secondary N) is 1. The number of rotatable bonds is 5. The number of ether oxygens (including phenoxy) is 1. The van der Waals surface area contributed by atoms with E-state index < -0.39 is 5.97 Å². The summed E-state index contributed by atoms with van der Waals surface area (Å²) >= 11 is 6.11. The lowest BCUT2D eigenvalue weighted by Crippen LogP contribution is -2.63. The Morgan fingerprint density at radius 2 is 1.78 bits per heavy atom. The summed E-state index contributed by atoms with van der Waals surface area (Å²) in [5, 5.41) is 3.33. The molecule has 0 radical (unpaired) electrons. The van der Waals surface area contributed by atoms with E-state index in [-0.39, 0.29) is 36.5 Å². The lowest BCUT2D eigenvalue weighted by Gasteiger charge is -2.61. The molecule has 2 fully saturated rings. The van der Waals surface area contributed by atoms with E-state index in [1.54, 1.807) is 11.8 Å². The highest BCUT2D eigenvalue weighted by atomic mass is 35.5. The summed E-state index contributed by atoms with van der Waals surface area (Å²) in [4.78, 5) is 28.0. The lowest BCUT2D eigenvalue weighted by molar-refractivity contribution is -0.141. The highest BCUT2D eigenvalue weighted by molar-refractivity contribution is 6.30. The first kappa shape index (κ1) is 22.4. The number of hydrogen-bond donors (Lipinski definition) is 1. The van der Waals surface area contributed by atoms with E-state index in [2.05, 4.69) is 10.2 Å². The summed E-state index contributed by atoms with van der Waals surface area (Å²) in [6, 6.07) is 14.3. The number of carbonyl (C=O) groups excluding carboxylic acids is 2. The quantitative estimate of drug-likeness (QED) is 0.673. The van der Waals surface area contributed by atoms with Crippen LogP contribution < -0.4 is 10.2 Å². The maximum atomic E-state index is 13.5. The van der Waals surface area contributed by atoms with Crippen LogP contribution in [0.1, 0.15) is 31.4 Å². The molecule has 1 spiro atoms. The van der Waals surface area contributed by atoms with Gasteiger partial charge in [-0.1, -0.05) is 23.7 Å². The highest BCUT2D eigenvalue weighted by Crippen LogP contribution is 2.56. The van der Waals surface area contributed by atoms with Crippen molar-refractivity contribution < 1.29 is 18.7 Å². The van der Waals surface area contributed by atoms with Gasteiger partial charge in [-0.25, -0.2) is 9.18 Å².